The molecule has 0 bridgehead atoms. The Labute approximate surface area is 111 Å². The van der Waals surface area contributed by atoms with Gasteiger partial charge in [-0.3, -0.25) is 0 Å². The topological polar surface area (TPSA) is 34.1 Å². The summed E-state index contributed by atoms with van der Waals surface area (Å²) in [5, 5.41) is 3.34. The van der Waals surface area contributed by atoms with Crippen molar-refractivity contribution in [1.82, 2.24) is 10.3 Å². The van der Waals surface area contributed by atoms with Gasteiger partial charge in [-0.15, -0.1) is 0 Å². The maximum absolute atomic E-state index is 5.66. The second-order valence-electron chi connectivity index (χ2n) is 5.03. The van der Waals surface area contributed by atoms with Crippen LogP contribution in [0.4, 0.5) is 0 Å². The van der Waals surface area contributed by atoms with Crippen molar-refractivity contribution in [3.8, 4) is 5.88 Å². The quantitative estimate of drug-likeness (QED) is 0.682. The molecule has 0 radical (unpaired) electrons. The lowest BCUT2D eigenvalue weighted by molar-refractivity contribution is 0.286. The number of ether oxygens (including phenoxy) is 1. The van der Waals surface area contributed by atoms with Crippen LogP contribution < -0.4 is 10.1 Å². The lowest BCUT2D eigenvalue weighted by Gasteiger charge is -2.08. The van der Waals surface area contributed by atoms with Crippen molar-refractivity contribution in [2.75, 3.05) is 13.2 Å². The molecule has 0 spiro atoms. The van der Waals surface area contributed by atoms with Gasteiger partial charge in [0.05, 0.1) is 12.3 Å². The summed E-state index contributed by atoms with van der Waals surface area (Å²) in [6, 6.07) is 5.97. The third kappa shape index (κ3) is 6.60. The number of aromatic nitrogens is 1. The van der Waals surface area contributed by atoms with E-state index in [-0.39, 0.29) is 0 Å². The number of pyridine rings is 1. The molecule has 0 aromatic carbocycles. The molecule has 1 N–H and O–H groups in total. The molecule has 0 amide bonds. The first kappa shape index (κ1) is 15.0. The standard InChI is InChI=1S/C15H26N2O/c1-4-10-16-12-14-8-5-9-15(17-14)18-11-6-7-13(2)3/h5,8-9,13,16H,4,6-7,10-12H2,1-3H3. The second-order valence-corrected chi connectivity index (χ2v) is 5.03. The van der Waals surface area contributed by atoms with Gasteiger partial charge in [-0.25, -0.2) is 4.98 Å². The normalized spacial score (nSPS) is 10.9. The maximum Gasteiger partial charge on any atom is 0.213 e. The van der Waals surface area contributed by atoms with E-state index in [0.717, 1.165) is 50.0 Å². The van der Waals surface area contributed by atoms with Crippen molar-refractivity contribution in [1.29, 1.82) is 0 Å². The zero-order valence-corrected chi connectivity index (χ0v) is 11.9. The Morgan fingerprint density at radius 2 is 2.17 bits per heavy atom. The van der Waals surface area contributed by atoms with Crippen LogP contribution in [0.3, 0.4) is 0 Å². The van der Waals surface area contributed by atoms with Gasteiger partial charge >= 0.3 is 0 Å². The predicted octanol–water partition coefficient (Wildman–Crippen LogP) is 3.40. The van der Waals surface area contributed by atoms with E-state index in [1.54, 1.807) is 0 Å². The van der Waals surface area contributed by atoms with Gasteiger partial charge in [0.1, 0.15) is 0 Å². The zero-order chi connectivity index (χ0) is 13.2. The minimum atomic E-state index is 0.742. The van der Waals surface area contributed by atoms with Crippen LogP contribution >= 0.6 is 0 Å². The fourth-order valence-electron chi connectivity index (χ4n) is 1.70. The molecule has 0 saturated heterocycles. The summed E-state index contributed by atoms with van der Waals surface area (Å²) in [5.74, 6) is 1.49. The van der Waals surface area contributed by atoms with Crippen LogP contribution in [0.15, 0.2) is 18.2 Å². The van der Waals surface area contributed by atoms with Crippen LogP contribution in [0.2, 0.25) is 0 Å². The fraction of sp³-hybridized carbons (Fsp3) is 0.667. The summed E-state index contributed by atoms with van der Waals surface area (Å²) < 4.78 is 5.66. The van der Waals surface area contributed by atoms with Crippen LogP contribution in [-0.2, 0) is 6.54 Å². The smallest absolute Gasteiger partial charge is 0.213 e. The van der Waals surface area contributed by atoms with Gasteiger partial charge in [-0.05, 0) is 37.8 Å². The average molecular weight is 250 g/mol. The molecule has 0 atom stereocenters. The van der Waals surface area contributed by atoms with E-state index in [4.69, 9.17) is 4.74 Å². The minimum Gasteiger partial charge on any atom is -0.478 e. The molecule has 1 heterocycles. The van der Waals surface area contributed by atoms with E-state index < -0.39 is 0 Å². The first-order valence-corrected chi connectivity index (χ1v) is 7.01. The molecule has 0 saturated carbocycles. The monoisotopic (exact) mass is 250 g/mol. The molecule has 1 rings (SSSR count). The SMILES string of the molecule is CCCNCc1cccc(OCCCC(C)C)n1. The minimum absolute atomic E-state index is 0.742. The van der Waals surface area contributed by atoms with Crippen LogP contribution in [0.5, 0.6) is 5.88 Å². The summed E-state index contributed by atoms with van der Waals surface area (Å²) in [5.41, 5.74) is 1.05. The molecular weight excluding hydrogens is 224 g/mol. The number of hydrogen-bond donors (Lipinski definition) is 1. The third-order valence-electron chi connectivity index (χ3n) is 2.69. The van der Waals surface area contributed by atoms with Crippen LogP contribution in [-0.4, -0.2) is 18.1 Å². The van der Waals surface area contributed by atoms with Crippen molar-refractivity contribution >= 4 is 0 Å². The van der Waals surface area contributed by atoms with Gasteiger partial charge in [0.2, 0.25) is 5.88 Å². The fourth-order valence-corrected chi connectivity index (χ4v) is 1.70. The Kier molecular flexibility index (Phi) is 7.42. The zero-order valence-electron chi connectivity index (χ0n) is 11.9. The highest BCUT2D eigenvalue weighted by Gasteiger charge is 1.99. The van der Waals surface area contributed by atoms with E-state index in [9.17, 15) is 0 Å². The predicted molar refractivity (Wildman–Crippen MR) is 75.8 cm³/mol. The van der Waals surface area contributed by atoms with Gasteiger partial charge in [-0.1, -0.05) is 26.8 Å². The number of nitrogens with zero attached hydrogens (tertiary/aromatic N) is 1. The van der Waals surface area contributed by atoms with E-state index >= 15 is 0 Å². The van der Waals surface area contributed by atoms with Gasteiger partial charge < -0.3 is 10.1 Å². The summed E-state index contributed by atoms with van der Waals surface area (Å²) in [7, 11) is 0. The Hall–Kier alpha value is -1.09. The molecule has 0 fully saturated rings. The second kappa shape index (κ2) is 8.92. The Balaban J connectivity index is 2.30. The molecule has 0 aliphatic rings. The summed E-state index contributed by atoms with van der Waals surface area (Å²) in [6.07, 6.45) is 3.45. The molecule has 0 aliphatic heterocycles. The number of hydrogen-bond acceptors (Lipinski definition) is 3. The number of nitrogens with one attached hydrogen (secondary N) is 1. The Bertz CT molecular complexity index is 326. The van der Waals surface area contributed by atoms with Crippen LogP contribution in [0, 0.1) is 5.92 Å². The van der Waals surface area contributed by atoms with E-state index in [2.05, 4.69) is 31.1 Å². The van der Waals surface area contributed by atoms with E-state index in [0.29, 0.717) is 0 Å². The highest BCUT2D eigenvalue weighted by molar-refractivity contribution is 5.15. The molecule has 3 nitrogen and oxygen atoms in total. The van der Waals surface area contributed by atoms with E-state index in [1.165, 1.54) is 6.42 Å². The molecule has 1 aromatic heterocycles. The van der Waals surface area contributed by atoms with Crippen molar-refractivity contribution < 1.29 is 4.74 Å². The summed E-state index contributed by atoms with van der Waals surface area (Å²) in [6.45, 7) is 9.24. The lowest BCUT2D eigenvalue weighted by atomic mass is 10.1. The van der Waals surface area contributed by atoms with Gasteiger partial charge in [0.25, 0.3) is 0 Å². The van der Waals surface area contributed by atoms with Gasteiger partial charge in [0, 0.05) is 12.6 Å². The van der Waals surface area contributed by atoms with Crippen molar-refractivity contribution in [2.24, 2.45) is 5.92 Å². The molecule has 1 aromatic rings. The Morgan fingerprint density at radius 3 is 2.89 bits per heavy atom. The third-order valence-corrected chi connectivity index (χ3v) is 2.69. The summed E-state index contributed by atoms with van der Waals surface area (Å²) in [4.78, 5) is 4.48. The van der Waals surface area contributed by atoms with Gasteiger partial charge in [-0.2, -0.15) is 0 Å². The van der Waals surface area contributed by atoms with Crippen LogP contribution in [0.25, 0.3) is 0 Å². The van der Waals surface area contributed by atoms with Crippen molar-refractivity contribution in [2.45, 2.75) is 46.6 Å². The summed E-state index contributed by atoms with van der Waals surface area (Å²) >= 11 is 0. The Morgan fingerprint density at radius 1 is 1.33 bits per heavy atom. The average Bonchev–Trinajstić information content (AvgIpc) is 2.35. The molecule has 0 aliphatic carbocycles. The van der Waals surface area contributed by atoms with Crippen LogP contribution in [0.1, 0.15) is 45.7 Å². The highest BCUT2D eigenvalue weighted by atomic mass is 16.5. The highest BCUT2D eigenvalue weighted by Crippen LogP contribution is 2.09. The van der Waals surface area contributed by atoms with Gasteiger partial charge in [0.15, 0.2) is 0 Å². The molecule has 18 heavy (non-hydrogen) atoms. The first-order chi connectivity index (χ1) is 8.72. The molecular formula is C15H26N2O. The van der Waals surface area contributed by atoms with Crippen molar-refractivity contribution in [3.05, 3.63) is 23.9 Å². The molecule has 102 valence electrons. The first-order valence-electron chi connectivity index (χ1n) is 7.01. The number of rotatable bonds is 9. The lowest BCUT2D eigenvalue weighted by Crippen LogP contribution is -2.15. The van der Waals surface area contributed by atoms with E-state index in [1.807, 2.05) is 18.2 Å². The molecule has 3 heteroatoms. The van der Waals surface area contributed by atoms with Crippen molar-refractivity contribution in [3.63, 3.8) is 0 Å². The largest absolute Gasteiger partial charge is 0.478 e. The molecule has 0 unspecified atom stereocenters. The maximum atomic E-state index is 5.66.